The van der Waals surface area contributed by atoms with Crippen LogP contribution in [0.2, 0.25) is 0 Å². The van der Waals surface area contributed by atoms with Gasteiger partial charge in [0.2, 0.25) is 0 Å². The molecular formula is C19H26N6OS. The van der Waals surface area contributed by atoms with Crippen LogP contribution in [0.5, 0.6) is 0 Å². The zero-order chi connectivity index (χ0) is 19.6. The molecule has 0 aromatic carbocycles. The summed E-state index contributed by atoms with van der Waals surface area (Å²) in [4.78, 5) is 17.5. The van der Waals surface area contributed by atoms with Crippen molar-refractivity contribution in [2.75, 3.05) is 5.32 Å². The molecule has 0 radical (unpaired) electrons. The Morgan fingerprint density at radius 1 is 1.30 bits per heavy atom. The van der Waals surface area contributed by atoms with Gasteiger partial charge in [-0.3, -0.25) is 14.2 Å². The molecule has 0 aliphatic heterocycles. The number of hydrogen-bond acceptors (Lipinski definition) is 5. The van der Waals surface area contributed by atoms with E-state index in [4.69, 9.17) is 0 Å². The third-order valence-electron chi connectivity index (χ3n) is 4.62. The monoisotopic (exact) mass is 386 g/mol. The molecule has 3 aromatic rings. The summed E-state index contributed by atoms with van der Waals surface area (Å²) >= 11 is 1.43. The molecule has 27 heavy (non-hydrogen) atoms. The number of rotatable bonds is 7. The number of carbonyl (C=O) groups excluding carboxylic acids is 1. The van der Waals surface area contributed by atoms with Crippen LogP contribution >= 0.6 is 11.3 Å². The highest BCUT2D eigenvalue weighted by molar-refractivity contribution is 7.14. The van der Waals surface area contributed by atoms with E-state index < -0.39 is 0 Å². The zero-order valence-electron chi connectivity index (χ0n) is 16.5. The quantitative estimate of drug-likeness (QED) is 0.662. The lowest BCUT2D eigenvalue weighted by Crippen LogP contribution is -2.27. The molecule has 0 bridgehead atoms. The predicted octanol–water partition coefficient (Wildman–Crippen LogP) is 4.13. The van der Waals surface area contributed by atoms with E-state index in [1.54, 1.807) is 0 Å². The molecule has 144 valence electrons. The molecule has 0 aliphatic rings. The first-order valence-corrected chi connectivity index (χ1v) is 10.1. The minimum absolute atomic E-state index is 0.0788. The fraction of sp³-hybridized carbons (Fsp3) is 0.474. The fourth-order valence-corrected chi connectivity index (χ4v) is 3.97. The molecule has 0 saturated heterocycles. The smallest absolute Gasteiger partial charge is 0.251 e. The van der Waals surface area contributed by atoms with Crippen LogP contribution in [0.1, 0.15) is 49.8 Å². The van der Waals surface area contributed by atoms with E-state index in [0.29, 0.717) is 5.13 Å². The van der Waals surface area contributed by atoms with Gasteiger partial charge in [0.05, 0.1) is 17.6 Å². The Kier molecular flexibility index (Phi) is 5.74. The van der Waals surface area contributed by atoms with E-state index in [2.05, 4.69) is 34.3 Å². The lowest BCUT2D eigenvalue weighted by atomic mass is 10.1. The Hall–Kier alpha value is -2.48. The molecular weight excluding hydrogens is 360 g/mol. The van der Waals surface area contributed by atoms with Crippen LogP contribution < -0.4 is 5.32 Å². The number of aryl methyl sites for hydroxylation is 3. The van der Waals surface area contributed by atoms with E-state index in [1.165, 1.54) is 11.3 Å². The summed E-state index contributed by atoms with van der Waals surface area (Å²) in [6.07, 6.45) is 3.46. The average molecular weight is 387 g/mol. The van der Waals surface area contributed by atoms with Crippen molar-refractivity contribution in [2.24, 2.45) is 0 Å². The van der Waals surface area contributed by atoms with Gasteiger partial charge in [-0.25, -0.2) is 4.98 Å². The van der Waals surface area contributed by atoms with Crippen molar-refractivity contribution in [2.45, 2.75) is 60.0 Å². The van der Waals surface area contributed by atoms with Gasteiger partial charge in [-0.1, -0.05) is 13.3 Å². The van der Waals surface area contributed by atoms with Crippen molar-refractivity contribution < 1.29 is 4.79 Å². The first kappa shape index (κ1) is 19.3. The van der Waals surface area contributed by atoms with Gasteiger partial charge in [0, 0.05) is 28.9 Å². The van der Waals surface area contributed by atoms with Gasteiger partial charge < -0.3 is 5.32 Å². The standard InChI is InChI=1S/C19H26N6OS/c1-6-8-17(25-13(4)9-12(3)23-25)18(26)22-19-21-16(11-27-19)15-10-20-24(7-2)14(15)5/h9-11,17H,6-8H2,1-5H3,(H,21,22,26)/t17-/m0/s1. The molecule has 1 atom stereocenters. The maximum absolute atomic E-state index is 12.9. The Morgan fingerprint density at radius 3 is 2.67 bits per heavy atom. The van der Waals surface area contributed by atoms with Crippen LogP contribution in [0, 0.1) is 20.8 Å². The summed E-state index contributed by atoms with van der Waals surface area (Å²) in [7, 11) is 0. The first-order chi connectivity index (χ1) is 12.9. The summed E-state index contributed by atoms with van der Waals surface area (Å²) in [5, 5.41) is 14.4. The topological polar surface area (TPSA) is 77.6 Å². The normalized spacial score (nSPS) is 12.3. The van der Waals surface area contributed by atoms with Crippen LogP contribution in [-0.4, -0.2) is 30.5 Å². The second-order valence-electron chi connectivity index (χ2n) is 6.66. The number of amides is 1. The van der Waals surface area contributed by atoms with Gasteiger partial charge in [0.1, 0.15) is 6.04 Å². The molecule has 0 spiro atoms. The Balaban J connectivity index is 1.79. The molecule has 0 aliphatic carbocycles. The number of hydrogen-bond donors (Lipinski definition) is 1. The maximum Gasteiger partial charge on any atom is 0.251 e. The van der Waals surface area contributed by atoms with E-state index in [9.17, 15) is 4.79 Å². The van der Waals surface area contributed by atoms with Crippen molar-refractivity contribution in [1.29, 1.82) is 0 Å². The molecule has 0 saturated carbocycles. The molecule has 8 heteroatoms. The van der Waals surface area contributed by atoms with Crippen LogP contribution in [0.25, 0.3) is 11.3 Å². The number of nitrogens with zero attached hydrogens (tertiary/aromatic N) is 5. The minimum Gasteiger partial charge on any atom is -0.300 e. The fourth-order valence-electron chi connectivity index (χ4n) is 3.26. The number of carbonyl (C=O) groups is 1. The highest BCUT2D eigenvalue weighted by Crippen LogP contribution is 2.28. The van der Waals surface area contributed by atoms with Gasteiger partial charge in [-0.05, 0) is 40.2 Å². The average Bonchev–Trinajstić information content (AvgIpc) is 3.31. The number of anilines is 1. The summed E-state index contributed by atoms with van der Waals surface area (Å²) in [5.41, 5.74) is 4.82. The van der Waals surface area contributed by atoms with Crippen LogP contribution in [0.3, 0.4) is 0 Å². The minimum atomic E-state index is -0.333. The molecule has 3 aromatic heterocycles. The summed E-state index contributed by atoms with van der Waals surface area (Å²) in [6, 6.07) is 1.66. The molecule has 7 nitrogen and oxygen atoms in total. The highest BCUT2D eigenvalue weighted by atomic mass is 32.1. The van der Waals surface area contributed by atoms with Crippen LogP contribution in [-0.2, 0) is 11.3 Å². The highest BCUT2D eigenvalue weighted by Gasteiger charge is 2.23. The summed E-state index contributed by atoms with van der Waals surface area (Å²) in [5.74, 6) is -0.0788. The van der Waals surface area contributed by atoms with Gasteiger partial charge in [0.15, 0.2) is 5.13 Å². The SMILES string of the molecule is CCC[C@@H](C(=O)Nc1nc(-c2cnn(CC)c2C)cs1)n1nc(C)cc1C. The van der Waals surface area contributed by atoms with Crippen molar-refractivity contribution in [3.8, 4) is 11.3 Å². The summed E-state index contributed by atoms with van der Waals surface area (Å²) < 4.78 is 3.76. The van der Waals surface area contributed by atoms with Gasteiger partial charge in [-0.15, -0.1) is 11.3 Å². The molecule has 0 fully saturated rings. The lowest BCUT2D eigenvalue weighted by molar-refractivity contribution is -0.119. The summed E-state index contributed by atoms with van der Waals surface area (Å²) in [6.45, 7) is 10.9. The lowest BCUT2D eigenvalue weighted by Gasteiger charge is -2.17. The number of thiazole rings is 1. The largest absolute Gasteiger partial charge is 0.300 e. The van der Waals surface area contributed by atoms with Crippen molar-refractivity contribution in [3.05, 3.63) is 34.7 Å². The Bertz CT molecular complexity index is 938. The number of aromatic nitrogens is 5. The van der Waals surface area contributed by atoms with Crippen LogP contribution in [0.4, 0.5) is 5.13 Å². The van der Waals surface area contributed by atoms with Crippen LogP contribution in [0.15, 0.2) is 17.6 Å². The second kappa shape index (κ2) is 8.04. The molecule has 1 N–H and O–H groups in total. The van der Waals surface area contributed by atoms with Gasteiger partial charge >= 0.3 is 0 Å². The van der Waals surface area contributed by atoms with Crippen molar-refractivity contribution in [3.63, 3.8) is 0 Å². The van der Waals surface area contributed by atoms with Gasteiger partial charge in [-0.2, -0.15) is 10.2 Å². The molecule has 1 amide bonds. The van der Waals surface area contributed by atoms with Crippen molar-refractivity contribution in [1.82, 2.24) is 24.5 Å². The maximum atomic E-state index is 12.9. The van der Waals surface area contributed by atoms with E-state index in [1.807, 2.05) is 47.8 Å². The third-order valence-corrected chi connectivity index (χ3v) is 5.38. The van der Waals surface area contributed by atoms with E-state index in [-0.39, 0.29) is 11.9 Å². The molecule has 3 rings (SSSR count). The zero-order valence-corrected chi connectivity index (χ0v) is 17.3. The van der Waals surface area contributed by atoms with E-state index in [0.717, 1.165) is 47.7 Å². The Labute approximate surface area is 163 Å². The van der Waals surface area contributed by atoms with Gasteiger partial charge in [0.25, 0.3) is 5.91 Å². The number of nitrogens with one attached hydrogen (secondary N) is 1. The Morgan fingerprint density at radius 2 is 2.07 bits per heavy atom. The van der Waals surface area contributed by atoms with E-state index >= 15 is 0 Å². The van der Waals surface area contributed by atoms with Crippen molar-refractivity contribution >= 4 is 22.4 Å². The predicted molar refractivity (Wildman–Crippen MR) is 108 cm³/mol. The third kappa shape index (κ3) is 3.95. The second-order valence-corrected chi connectivity index (χ2v) is 7.52. The molecule has 3 heterocycles. The molecule has 0 unspecified atom stereocenters. The first-order valence-electron chi connectivity index (χ1n) is 9.26.